The van der Waals surface area contributed by atoms with Crippen molar-refractivity contribution in [3.63, 3.8) is 0 Å². The van der Waals surface area contributed by atoms with E-state index in [0.717, 1.165) is 24.3 Å². The molecule has 1 aromatic rings. The summed E-state index contributed by atoms with van der Waals surface area (Å²) in [5.74, 6) is 1.56. The van der Waals surface area contributed by atoms with Crippen LogP contribution in [0.4, 0.5) is 0 Å². The summed E-state index contributed by atoms with van der Waals surface area (Å²) in [4.78, 5) is 12.0. The zero-order chi connectivity index (χ0) is 14.7. The van der Waals surface area contributed by atoms with Crippen LogP contribution in [0.15, 0.2) is 24.3 Å². The highest BCUT2D eigenvalue weighted by Gasteiger charge is 2.37. The normalized spacial score (nSPS) is 22.2. The molecule has 1 unspecified atom stereocenters. The lowest BCUT2D eigenvalue weighted by Gasteiger charge is -2.40. The van der Waals surface area contributed by atoms with Crippen LogP contribution in [-0.4, -0.2) is 31.7 Å². The van der Waals surface area contributed by atoms with Crippen LogP contribution in [0, 0.1) is 5.41 Å². The summed E-state index contributed by atoms with van der Waals surface area (Å²) in [7, 11) is 0. The van der Waals surface area contributed by atoms with Gasteiger partial charge in [0.15, 0.2) is 11.5 Å². The van der Waals surface area contributed by atoms with Crippen molar-refractivity contribution >= 4 is 5.91 Å². The molecule has 5 heteroatoms. The van der Waals surface area contributed by atoms with Crippen LogP contribution in [0.2, 0.25) is 0 Å². The summed E-state index contributed by atoms with van der Waals surface area (Å²) in [5, 5.41) is 2.94. The highest BCUT2D eigenvalue weighted by molar-refractivity contribution is 5.76. The molecule has 1 heterocycles. The van der Waals surface area contributed by atoms with E-state index in [4.69, 9.17) is 15.2 Å². The van der Waals surface area contributed by atoms with Gasteiger partial charge < -0.3 is 20.5 Å². The SMILES string of the molecule is NCC1(CC(=O)NCC2COc3ccccc3O2)CCC1. The Morgan fingerprint density at radius 1 is 1.33 bits per heavy atom. The summed E-state index contributed by atoms with van der Waals surface area (Å²) >= 11 is 0. The number of carbonyl (C=O) groups is 1. The van der Waals surface area contributed by atoms with Crippen LogP contribution in [0.1, 0.15) is 25.7 Å². The zero-order valence-electron chi connectivity index (χ0n) is 12.1. The van der Waals surface area contributed by atoms with E-state index < -0.39 is 0 Å². The first-order chi connectivity index (χ1) is 10.2. The molecule has 1 saturated carbocycles. The average Bonchev–Trinajstić information content (AvgIpc) is 2.48. The summed E-state index contributed by atoms with van der Waals surface area (Å²) in [6.07, 6.45) is 3.69. The minimum absolute atomic E-state index is 0.0423. The highest BCUT2D eigenvalue weighted by Crippen LogP contribution is 2.42. The van der Waals surface area contributed by atoms with E-state index in [9.17, 15) is 4.79 Å². The standard InChI is InChI=1S/C16H22N2O3/c17-11-16(6-3-7-16)8-15(19)18-9-12-10-20-13-4-1-2-5-14(13)21-12/h1-2,4-5,12H,3,6-11,17H2,(H,18,19). The van der Waals surface area contributed by atoms with Crippen LogP contribution < -0.4 is 20.5 Å². The Morgan fingerprint density at radius 3 is 2.76 bits per heavy atom. The number of ether oxygens (including phenoxy) is 2. The van der Waals surface area contributed by atoms with Crippen LogP contribution in [0.25, 0.3) is 0 Å². The third-order valence-corrected chi connectivity index (χ3v) is 4.48. The monoisotopic (exact) mass is 290 g/mol. The van der Waals surface area contributed by atoms with E-state index in [2.05, 4.69) is 5.32 Å². The van der Waals surface area contributed by atoms with E-state index in [1.165, 1.54) is 6.42 Å². The van der Waals surface area contributed by atoms with Crippen molar-refractivity contribution in [2.45, 2.75) is 31.8 Å². The molecule has 21 heavy (non-hydrogen) atoms. The quantitative estimate of drug-likeness (QED) is 0.861. The van der Waals surface area contributed by atoms with Gasteiger partial charge in [-0.1, -0.05) is 18.6 Å². The van der Waals surface area contributed by atoms with Crippen LogP contribution in [-0.2, 0) is 4.79 Å². The fourth-order valence-electron chi connectivity index (χ4n) is 2.92. The number of amides is 1. The summed E-state index contributed by atoms with van der Waals surface area (Å²) in [5.41, 5.74) is 5.83. The molecule has 0 bridgehead atoms. The second-order valence-corrected chi connectivity index (χ2v) is 6.04. The van der Waals surface area contributed by atoms with Crippen molar-refractivity contribution in [1.82, 2.24) is 5.32 Å². The molecular formula is C16H22N2O3. The maximum atomic E-state index is 12.0. The van der Waals surface area contributed by atoms with Crippen LogP contribution in [0.3, 0.4) is 0 Å². The van der Waals surface area contributed by atoms with Crippen molar-refractivity contribution in [2.75, 3.05) is 19.7 Å². The van der Waals surface area contributed by atoms with E-state index >= 15 is 0 Å². The molecule has 1 fully saturated rings. The summed E-state index contributed by atoms with van der Waals surface area (Å²) < 4.78 is 11.4. The maximum Gasteiger partial charge on any atom is 0.220 e. The second kappa shape index (κ2) is 5.93. The van der Waals surface area contributed by atoms with Gasteiger partial charge in [0.25, 0.3) is 0 Å². The predicted octanol–water partition coefficient (Wildman–Crippen LogP) is 1.46. The molecule has 1 aromatic carbocycles. The van der Waals surface area contributed by atoms with E-state index in [1.807, 2.05) is 24.3 Å². The lowest BCUT2D eigenvalue weighted by molar-refractivity contribution is -0.125. The molecular weight excluding hydrogens is 268 g/mol. The van der Waals surface area contributed by atoms with Gasteiger partial charge in [-0.05, 0) is 36.9 Å². The van der Waals surface area contributed by atoms with Gasteiger partial charge >= 0.3 is 0 Å². The number of benzene rings is 1. The second-order valence-electron chi connectivity index (χ2n) is 6.04. The lowest BCUT2D eigenvalue weighted by atomic mass is 9.66. The molecule has 1 atom stereocenters. The van der Waals surface area contributed by atoms with E-state index in [1.54, 1.807) is 0 Å². The van der Waals surface area contributed by atoms with Gasteiger partial charge in [0, 0.05) is 6.42 Å². The number of hydrogen-bond acceptors (Lipinski definition) is 4. The molecule has 3 N–H and O–H groups in total. The number of fused-ring (bicyclic) bond motifs is 1. The minimum atomic E-state index is -0.140. The molecule has 3 rings (SSSR count). The van der Waals surface area contributed by atoms with Crippen molar-refractivity contribution in [2.24, 2.45) is 11.1 Å². The van der Waals surface area contributed by atoms with Crippen molar-refractivity contribution in [1.29, 1.82) is 0 Å². The third-order valence-electron chi connectivity index (χ3n) is 4.48. The molecule has 1 aliphatic heterocycles. The number of nitrogens with one attached hydrogen (secondary N) is 1. The first kappa shape index (κ1) is 14.2. The number of rotatable bonds is 5. The Bertz CT molecular complexity index is 508. The molecule has 2 aliphatic rings. The Labute approximate surface area is 124 Å². The van der Waals surface area contributed by atoms with Crippen molar-refractivity contribution in [3.05, 3.63) is 24.3 Å². The lowest BCUT2D eigenvalue weighted by Crippen LogP contribution is -2.45. The van der Waals surface area contributed by atoms with Gasteiger partial charge in [0.05, 0.1) is 6.54 Å². The molecule has 1 amide bonds. The van der Waals surface area contributed by atoms with Crippen LogP contribution >= 0.6 is 0 Å². The van der Waals surface area contributed by atoms with E-state index in [-0.39, 0.29) is 17.4 Å². The first-order valence-electron chi connectivity index (χ1n) is 7.56. The topological polar surface area (TPSA) is 73.6 Å². The Morgan fingerprint density at radius 2 is 2.10 bits per heavy atom. The van der Waals surface area contributed by atoms with Gasteiger partial charge in [-0.15, -0.1) is 0 Å². The number of hydrogen-bond donors (Lipinski definition) is 2. The van der Waals surface area contributed by atoms with Gasteiger partial charge in [0.2, 0.25) is 5.91 Å². The number of para-hydroxylation sites is 2. The van der Waals surface area contributed by atoms with Gasteiger partial charge in [-0.2, -0.15) is 0 Å². The Balaban J connectivity index is 1.47. The highest BCUT2D eigenvalue weighted by atomic mass is 16.6. The van der Waals surface area contributed by atoms with E-state index in [0.29, 0.717) is 26.1 Å². The van der Waals surface area contributed by atoms with Gasteiger partial charge in [-0.25, -0.2) is 0 Å². The zero-order valence-corrected chi connectivity index (χ0v) is 12.1. The molecule has 0 saturated heterocycles. The molecule has 5 nitrogen and oxygen atoms in total. The number of carbonyl (C=O) groups excluding carboxylic acids is 1. The summed E-state index contributed by atoms with van der Waals surface area (Å²) in [6, 6.07) is 7.58. The number of nitrogens with two attached hydrogens (primary N) is 1. The average molecular weight is 290 g/mol. The van der Waals surface area contributed by atoms with Crippen molar-refractivity contribution < 1.29 is 14.3 Å². The van der Waals surface area contributed by atoms with Crippen molar-refractivity contribution in [3.8, 4) is 11.5 Å². The molecule has 1 aliphatic carbocycles. The summed E-state index contributed by atoms with van der Waals surface area (Å²) in [6.45, 7) is 1.52. The predicted molar refractivity (Wildman–Crippen MR) is 79.3 cm³/mol. The molecule has 114 valence electrons. The largest absolute Gasteiger partial charge is 0.486 e. The molecule has 0 spiro atoms. The fraction of sp³-hybridized carbons (Fsp3) is 0.562. The third kappa shape index (κ3) is 3.13. The Kier molecular flexibility index (Phi) is 4.01. The minimum Gasteiger partial charge on any atom is -0.486 e. The van der Waals surface area contributed by atoms with Gasteiger partial charge in [-0.3, -0.25) is 4.79 Å². The van der Waals surface area contributed by atoms with Crippen LogP contribution in [0.5, 0.6) is 11.5 Å². The fourth-order valence-corrected chi connectivity index (χ4v) is 2.92. The van der Waals surface area contributed by atoms with Gasteiger partial charge in [0.1, 0.15) is 12.7 Å². The first-order valence-corrected chi connectivity index (χ1v) is 7.56. The smallest absolute Gasteiger partial charge is 0.220 e. The molecule has 0 radical (unpaired) electrons. The maximum absolute atomic E-state index is 12.0. The molecule has 0 aromatic heterocycles. The Hall–Kier alpha value is -1.75.